The number of ether oxygens (including phenoxy) is 2. The van der Waals surface area contributed by atoms with Crippen LogP contribution in [0.1, 0.15) is 59.9 Å². The van der Waals surface area contributed by atoms with Crippen LogP contribution in [-0.4, -0.2) is 23.1 Å². The van der Waals surface area contributed by atoms with Crippen molar-refractivity contribution in [2.24, 2.45) is 5.92 Å². The first-order valence-corrected chi connectivity index (χ1v) is 8.62. The first-order chi connectivity index (χ1) is 11.2. The maximum atomic E-state index is 12.7. The van der Waals surface area contributed by atoms with Crippen LogP contribution in [-0.2, 0) is 25.5 Å². The Balaban J connectivity index is 2.85. The summed E-state index contributed by atoms with van der Waals surface area (Å²) in [7, 11) is 0. The molecule has 0 fully saturated rings. The molecule has 4 nitrogen and oxygen atoms in total. The lowest BCUT2D eigenvalue weighted by Gasteiger charge is -2.37. The van der Waals surface area contributed by atoms with E-state index in [0.717, 1.165) is 5.56 Å². The van der Waals surface area contributed by atoms with Crippen molar-refractivity contribution in [2.45, 2.75) is 72.0 Å². The van der Waals surface area contributed by atoms with Crippen molar-refractivity contribution >= 4 is 11.9 Å². The summed E-state index contributed by atoms with van der Waals surface area (Å²) in [4.78, 5) is 24.1. The highest BCUT2D eigenvalue weighted by atomic mass is 16.6. The van der Waals surface area contributed by atoms with Crippen molar-refractivity contribution < 1.29 is 19.1 Å². The Hall–Kier alpha value is -1.84. The molecular formula is C20H30O4. The smallest absolute Gasteiger partial charge is 0.313 e. The predicted octanol–water partition coefficient (Wildman–Crippen LogP) is 4.31. The van der Waals surface area contributed by atoms with Crippen LogP contribution in [0.4, 0.5) is 0 Å². The summed E-state index contributed by atoms with van der Waals surface area (Å²) in [5, 5.41) is 0. The number of carbonyl (C=O) groups excluding carboxylic acids is 2. The fraction of sp³-hybridized carbons (Fsp3) is 0.600. The van der Waals surface area contributed by atoms with Gasteiger partial charge >= 0.3 is 11.9 Å². The minimum absolute atomic E-state index is 0.333. The van der Waals surface area contributed by atoms with Crippen molar-refractivity contribution in [1.29, 1.82) is 0 Å². The average Bonchev–Trinajstić information content (AvgIpc) is 2.51. The molecule has 1 aromatic carbocycles. The highest BCUT2D eigenvalue weighted by Crippen LogP contribution is 2.32. The molecule has 0 spiro atoms. The third-order valence-corrected chi connectivity index (χ3v) is 4.54. The van der Waals surface area contributed by atoms with Gasteiger partial charge in [-0.2, -0.15) is 0 Å². The van der Waals surface area contributed by atoms with Gasteiger partial charge in [0.25, 0.3) is 0 Å². The van der Waals surface area contributed by atoms with Crippen molar-refractivity contribution in [3.05, 3.63) is 35.9 Å². The molecule has 4 heteroatoms. The molecule has 0 heterocycles. The lowest BCUT2D eigenvalue weighted by atomic mass is 9.83. The average molecular weight is 334 g/mol. The lowest BCUT2D eigenvalue weighted by Crippen LogP contribution is -2.46. The van der Waals surface area contributed by atoms with Crippen LogP contribution >= 0.6 is 0 Å². The number of esters is 2. The molecule has 1 aromatic rings. The van der Waals surface area contributed by atoms with E-state index in [4.69, 9.17) is 9.47 Å². The van der Waals surface area contributed by atoms with Crippen LogP contribution in [0.15, 0.2) is 30.3 Å². The molecule has 134 valence electrons. The zero-order chi connectivity index (χ0) is 18.4. The number of rotatable bonds is 8. The number of benzene rings is 1. The summed E-state index contributed by atoms with van der Waals surface area (Å²) >= 11 is 0. The summed E-state index contributed by atoms with van der Waals surface area (Å²) in [6.45, 7) is 10.8. The maximum Gasteiger partial charge on any atom is 0.313 e. The summed E-state index contributed by atoms with van der Waals surface area (Å²) in [5.74, 6) is -1.23. The fourth-order valence-corrected chi connectivity index (χ4v) is 3.08. The third kappa shape index (κ3) is 5.36. The van der Waals surface area contributed by atoms with E-state index in [0.29, 0.717) is 19.3 Å². The molecule has 0 saturated heterocycles. The molecule has 1 rings (SSSR count). The third-order valence-electron chi connectivity index (χ3n) is 4.54. The molecule has 0 bridgehead atoms. The first kappa shape index (κ1) is 20.2. The Labute approximate surface area is 145 Å². The van der Waals surface area contributed by atoms with Gasteiger partial charge in [-0.3, -0.25) is 9.59 Å². The molecule has 1 atom stereocenters. The van der Waals surface area contributed by atoms with E-state index in [-0.39, 0.29) is 11.9 Å². The Morgan fingerprint density at radius 1 is 1.04 bits per heavy atom. The van der Waals surface area contributed by atoms with E-state index in [1.807, 2.05) is 58.0 Å². The normalized spacial score (nSPS) is 13.2. The number of hydrogen-bond acceptors (Lipinski definition) is 4. The van der Waals surface area contributed by atoms with Gasteiger partial charge in [0.1, 0.15) is 11.2 Å². The Morgan fingerprint density at radius 3 is 2.04 bits per heavy atom. The van der Waals surface area contributed by atoms with Crippen LogP contribution in [0.2, 0.25) is 0 Å². The second-order valence-electron chi connectivity index (χ2n) is 6.93. The Kier molecular flexibility index (Phi) is 7.00. The van der Waals surface area contributed by atoms with E-state index in [1.165, 1.54) is 6.92 Å². The molecule has 0 unspecified atom stereocenters. The van der Waals surface area contributed by atoms with Gasteiger partial charge < -0.3 is 9.47 Å². The number of hydrogen-bond donors (Lipinski definition) is 0. The topological polar surface area (TPSA) is 52.6 Å². The van der Waals surface area contributed by atoms with Gasteiger partial charge in [-0.1, -0.05) is 44.2 Å². The van der Waals surface area contributed by atoms with Crippen molar-refractivity contribution in [3.8, 4) is 0 Å². The summed E-state index contributed by atoms with van der Waals surface area (Å²) in [6, 6.07) is 9.92. The van der Waals surface area contributed by atoms with E-state index in [2.05, 4.69) is 0 Å². The zero-order valence-corrected chi connectivity index (χ0v) is 15.7. The summed E-state index contributed by atoms with van der Waals surface area (Å²) in [6.07, 6.45) is 1.77. The zero-order valence-electron chi connectivity index (χ0n) is 15.7. The van der Waals surface area contributed by atoms with Gasteiger partial charge in [-0.25, -0.2) is 0 Å². The molecule has 0 aliphatic rings. The van der Waals surface area contributed by atoms with Crippen molar-refractivity contribution in [3.63, 3.8) is 0 Å². The van der Waals surface area contributed by atoms with Crippen LogP contribution in [0.25, 0.3) is 0 Å². The SMILES string of the molecule is CCC(CC)(OC(C)=O)[C@@H](C)C(=O)OC(C)(C)Cc1ccccc1. The van der Waals surface area contributed by atoms with Crippen LogP contribution in [0.5, 0.6) is 0 Å². The Morgan fingerprint density at radius 2 is 1.58 bits per heavy atom. The van der Waals surface area contributed by atoms with Gasteiger partial charge in [0, 0.05) is 13.3 Å². The lowest BCUT2D eigenvalue weighted by molar-refractivity contribution is -0.181. The second kappa shape index (κ2) is 8.32. The van der Waals surface area contributed by atoms with Gasteiger partial charge in [-0.15, -0.1) is 0 Å². The maximum absolute atomic E-state index is 12.7. The fourth-order valence-electron chi connectivity index (χ4n) is 3.08. The minimum Gasteiger partial charge on any atom is -0.459 e. The van der Waals surface area contributed by atoms with Crippen LogP contribution < -0.4 is 0 Å². The van der Waals surface area contributed by atoms with E-state index < -0.39 is 17.1 Å². The van der Waals surface area contributed by atoms with Gasteiger partial charge in [0.05, 0.1) is 5.92 Å². The highest BCUT2D eigenvalue weighted by molar-refractivity contribution is 5.75. The Bertz CT molecular complexity index is 544. The molecule has 0 N–H and O–H groups in total. The summed E-state index contributed by atoms with van der Waals surface area (Å²) < 4.78 is 11.3. The molecule has 24 heavy (non-hydrogen) atoms. The van der Waals surface area contributed by atoms with E-state index in [9.17, 15) is 9.59 Å². The standard InChI is InChI=1S/C20H30O4/c1-7-20(8-2,23-16(4)21)15(3)18(22)24-19(5,6)14-17-12-10-9-11-13-17/h9-13,15H,7-8,14H2,1-6H3/t15-/m0/s1. The molecule has 0 aliphatic heterocycles. The van der Waals surface area contributed by atoms with E-state index >= 15 is 0 Å². The monoisotopic (exact) mass is 334 g/mol. The van der Waals surface area contributed by atoms with Crippen LogP contribution in [0, 0.1) is 5.92 Å². The summed E-state index contributed by atoms with van der Waals surface area (Å²) in [5.41, 5.74) is -0.331. The van der Waals surface area contributed by atoms with Crippen molar-refractivity contribution in [2.75, 3.05) is 0 Å². The minimum atomic E-state index is -0.814. The highest BCUT2D eigenvalue weighted by Gasteiger charge is 2.42. The first-order valence-electron chi connectivity index (χ1n) is 8.62. The van der Waals surface area contributed by atoms with E-state index in [1.54, 1.807) is 6.92 Å². The number of carbonyl (C=O) groups is 2. The molecule has 0 radical (unpaired) electrons. The predicted molar refractivity (Wildman–Crippen MR) is 94.6 cm³/mol. The van der Waals surface area contributed by atoms with Gasteiger partial charge in [0.2, 0.25) is 0 Å². The molecule has 0 amide bonds. The largest absolute Gasteiger partial charge is 0.459 e. The van der Waals surface area contributed by atoms with Gasteiger partial charge in [0.15, 0.2) is 0 Å². The molecule has 0 aliphatic carbocycles. The van der Waals surface area contributed by atoms with Crippen LogP contribution in [0.3, 0.4) is 0 Å². The van der Waals surface area contributed by atoms with Crippen molar-refractivity contribution in [1.82, 2.24) is 0 Å². The quantitative estimate of drug-likeness (QED) is 0.665. The second-order valence-corrected chi connectivity index (χ2v) is 6.93. The molecule has 0 aromatic heterocycles. The van der Waals surface area contributed by atoms with Gasteiger partial charge in [-0.05, 0) is 39.2 Å². The molecule has 0 saturated carbocycles. The molecular weight excluding hydrogens is 304 g/mol.